The van der Waals surface area contributed by atoms with Gasteiger partial charge in [-0.3, -0.25) is 9.59 Å². The Bertz CT molecular complexity index is 1070. The third-order valence-electron chi connectivity index (χ3n) is 6.51. The zero-order chi connectivity index (χ0) is 25.2. The van der Waals surface area contributed by atoms with Crippen LogP contribution in [0.2, 0.25) is 0 Å². The molecule has 2 amide bonds. The van der Waals surface area contributed by atoms with Gasteiger partial charge < -0.3 is 20.1 Å². The molecule has 7 nitrogen and oxygen atoms in total. The number of nitrogens with zero attached hydrogens (tertiary/aromatic N) is 1. The molecule has 10 heteroatoms. The molecule has 0 bridgehead atoms. The van der Waals surface area contributed by atoms with Crippen LogP contribution in [0.25, 0.3) is 11.1 Å². The molecule has 186 valence electrons. The van der Waals surface area contributed by atoms with Gasteiger partial charge in [0.2, 0.25) is 5.91 Å². The number of alkyl halides is 3. The summed E-state index contributed by atoms with van der Waals surface area (Å²) < 4.78 is 44.8. The van der Waals surface area contributed by atoms with Gasteiger partial charge in [-0.25, -0.2) is 4.79 Å². The topological polar surface area (TPSA) is 95.9 Å². The van der Waals surface area contributed by atoms with E-state index in [2.05, 4.69) is 5.32 Å². The van der Waals surface area contributed by atoms with Gasteiger partial charge in [-0.1, -0.05) is 48.5 Å². The van der Waals surface area contributed by atoms with E-state index in [0.29, 0.717) is 0 Å². The van der Waals surface area contributed by atoms with Gasteiger partial charge in [0, 0.05) is 19.0 Å². The van der Waals surface area contributed by atoms with Gasteiger partial charge in [0.1, 0.15) is 12.6 Å². The summed E-state index contributed by atoms with van der Waals surface area (Å²) in [4.78, 5) is 37.7. The number of carboxylic acids is 1. The highest BCUT2D eigenvalue weighted by Crippen LogP contribution is 2.44. The average Bonchev–Trinajstić information content (AvgIpc) is 3.15. The maximum atomic E-state index is 13.1. The summed E-state index contributed by atoms with van der Waals surface area (Å²) in [6.45, 7) is -0.549. The SMILES string of the molecule is O=C(O)CC(NC(=O)OCC1c2ccccc2-c2ccccc21)C(=O)N1CCC[C@@H](C(F)(F)F)C1. The molecule has 2 atom stereocenters. The van der Waals surface area contributed by atoms with E-state index < -0.39 is 49.1 Å². The lowest BCUT2D eigenvalue weighted by Gasteiger charge is -2.35. The number of halogens is 3. The zero-order valence-electron chi connectivity index (χ0n) is 18.8. The third-order valence-corrected chi connectivity index (χ3v) is 6.51. The molecule has 1 aliphatic carbocycles. The van der Waals surface area contributed by atoms with Crippen LogP contribution in [0.3, 0.4) is 0 Å². The number of amides is 2. The fourth-order valence-corrected chi connectivity index (χ4v) is 4.82. The number of nitrogens with one attached hydrogen (secondary N) is 1. The van der Waals surface area contributed by atoms with Crippen molar-refractivity contribution < 1.29 is 37.4 Å². The largest absolute Gasteiger partial charge is 0.481 e. The minimum absolute atomic E-state index is 0.0479. The number of aliphatic carboxylic acids is 1. The Morgan fingerprint density at radius 3 is 2.23 bits per heavy atom. The number of alkyl carbamates (subject to hydrolysis) is 1. The second-order valence-electron chi connectivity index (χ2n) is 8.79. The Kier molecular flexibility index (Phi) is 7.00. The Labute approximate surface area is 199 Å². The predicted octanol–water partition coefficient (Wildman–Crippen LogP) is 4.17. The second kappa shape index (κ2) is 9.97. The molecule has 4 rings (SSSR count). The molecule has 35 heavy (non-hydrogen) atoms. The number of piperidine rings is 1. The summed E-state index contributed by atoms with van der Waals surface area (Å²) in [7, 11) is 0. The molecule has 1 saturated heterocycles. The van der Waals surface area contributed by atoms with Crippen molar-refractivity contribution in [1.29, 1.82) is 0 Å². The van der Waals surface area contributed by atoms with E-state index in [1.807, 2.05) is 48.5 Å². The van der Waals surface area contributed by atoms with Crippen LogP contribution in [0.5, 0.6) is 0 Å². The first kappa shape index (κ1) is 24.6. The molecular weight excluding hydrogens is 465 g/mol. The number of carboxylic acid groups (broad SMARTS) is 1. The Morgan fingerprint density at radius 1 is 1.06 bits per heavy atom. The molecule has 2 N–H and O–H groups in total. The fraction of sp³-hybridized carbons (Fsp3) is 0.400. The summed E-state index contributed by atoms with van der Waals surface area (Å²) in [5, 5.41) is 11.5. The predicted molar refractivity (Wildman–Crippen MR) is 120 cm³/mol. The molecule has 1 aliphatic heterocycles. The Morgan fingerprint density at radius 2 is 1.66 bits per heavy atom. The van der Waals surface area contributed by atoms with Crippen molar-refractivity contribution in [2.24, 2.45) is 5.92 Å². The van der Waals surface area contributed by atoms with Gasteiger partial charge in [-0.2, -0.15) is 13.2 Å². The Hall–Kier alpha value is -3.56. The van der Waals surface area contributed by atoms with Crippen LogP contribution in [-0.2, 0) is 14.3 Å². The number of rotatable bonds is 6. The molecular formula is C25H25F3N2O5. The minimum Gasteiger partial charge on any atom is -0.481 e. The number of fused-ring (bicyclic) bond motifs is 3. The van der Waals surface area contributed by atoms with Crippen molar-refractivity contribution >= 4 is 18.0 Å². The molecule has 2 aliphatic rings. The lowest BCUT2D eigenvalue weighted by molar-refractivity contribution is -0.188. The van der Waals surface area contributed by atoms with E-state index in [-0.39, 0.29) is 31.9 Å². The molecule has 0 aromatic heterocycles. The molecule has 2 aromatic rings. The van der Waals surface area contributed by atoms with Crippen LogP contribution in [0.1, 0.15) is 36.3 Å². The van der Waals surface area contributed by atoms with Crippen LogP contribution in [0, 0.1) is 5.92 Å². The summed E-state index contributed by atoms with van der Waals surface area (Å²) in [5.41, 5.74) is 4.01. The maximum Gasteiger partial charge on any atom is 0.407 e. The van der Waals surface area contributed by atoms with Crippen molar-refractivity contribution in [3.05, 3.63) is 59.7 Å². The Balaban J connectivity index is 1.42. The molecule has 0 saturated carbocycles. The average molecular weight is 490 g/mol. The summed E-state index contributed by atoms with van der Waals surface area (Å²) >= 11 is 0. The number of benzene rings is 2. The molecule has 1 fully saturated rings. The molecule has 1 heterocycles. The smallest absolute Gasteiger partial charge is 0.407 e. The van der Waals surface area contributed by atoms with Crippen LogP contribution in [-0.4, -0.2) is 59.9 Å². The van der Waals surface area contributed by atoms with Gasteiger partial charge >= 0.3 is 18.2 Å². The lowest BCUT2D eigenvalue weighted by atomic mass is 9.96. The highest BCUT2D eigenvalue weighted by Gasteiger charge is 2.43. The normalized spacial score (nSPS) is 18.4. The lowest BCUT2D eigenvalue weighted by Crippen LogP contribution is -2.53. The van der Waals surface area contributed by atoms with Gasteiger partial charge in [0.15, 0.2) is 0 Å². The molecule has 0 radical (unpaired) electrons. The first-order valence-electron chi connectivity index (χ1n) is 11.3. The van der Waals surface area contributed by atoms with Crippen molar-refractivity contribution in [2.75, 3.05) is 19.7 Å². The fourth-order valence-electron chi connectivity index (χ4n) is 4.82. The van der Waals surface area contributed by atoms with E-state index in [4.69, 9.17) is 4.74 Å². The van der Waals surface area contributed by atoms with Gasteiger partial charge in [-0.15, -0.1) is 0 Å². The number of ether oxygens (including phenoxy) is 1. The van der Waals surface area contributed by atoms with E-state index in [0.717, 1.165) is 27.2 Å². The summed E-state index contributed by atoms with van der Waals surface area (Å²) in [6, 6.07) is 13.9. The number of likely N-dealkylation sites (tertiary alicyclic amines) is 1. The molecule has 0 spiro atoms. The standard InChI is InChI=1S/C25H25F3N2O5/c26-25(27,28)15-6-5-11-30(13-15)23(33)21(12-22(31)32)29-24(34)35-14-20-18-9-3-1-7-16(18)17-8-2-4-10-19(17)20/h1-4,7-10,15,20-21H,5-6,11-14H2,(H,29,34)(H,31,32)/t15-,21?/m1/s1. The van der Waals surface area contributed by atoms with Crippen molar-refractivity contribution in [2.45, 2.75) is 37.4 Å². The van der Waals surface area contributed by atoms with E-state index >= 15 is 0 Å². The monoisotopic (exact) mass is 490 g/mol. The van der Waals surface area contributed by atoms with Crippen LogP contribution < -0.4 is 5.32 Å². The minimum atomic E-state index is -4.46. The number of carbonyl (C=O) groups excluding carboxylic acids is 2. The van der Waals surface area contributed by atoms with E-state index in [1.54, 1.807) is 0 Å². The zero-order valence-corrected chi connectivity index (χ0v) is 18.8. The van der Waals surface area contributed by atoms with Crippen LogP contribution in [0.15, 0.2) is 48.5 Å². The van der Waals surface area contributed by atoms with Crippen molar-refractivity contribution in [3.63, 3.8) is 0 Å². The second-order valence-corrected chi connectivity index (χ2v) is 8.79. The van der Waals surface area contributed by atoms with Gasteiger partial charge in [0.25, 0.3) is 0 Å². The number of hydrogen-bond acceptors (Lipinski definition) is 4. The first-order chi connectivity index (χ1) is 16.6. The van der Waals surface area contributed by atoms with Gasteiger partial charge in [-0.05, 0) is 35.1 Å². The highest BCUT2D eigenvalue weighted by atomic mass is 19.4. The molecule has 2 aromatic carbocycles. The maximum absolute atomic E-state index is 13.1. The summed E-state index contributed by atoms with van der Waals surface area (Å²) in [5.74, 6) is -4.15. The van der Waals surface area contributed by atoms with Gasteiger partial charge in [0.05, 0.1) is 12.3 Å². The van der Waals surface area contributed by atoms with E-state index in [9.17, 15) is 32.7 Å². The molecule has 1 unspecified atom stereocenters. The number of carbonyl (C=O) groups is 3. The number of hydrogen-bond donors (Lipinski definition) is 2. The van der Waals surface area contributed by atoms with Crippen LogP contribution in [0.4, 0.5) is 18.0 Å². The van der Waals surface area contributed by atoms with Crippen molar-refractivity contribution in [1.82, 2.24) is 10.2 Å². The quantitative estimate of drug-likeness (QED) is 0.634. The summed E-state index contributed by atoms with van der Waals surface area (Å²) in [6.07, 6.45) is -6.19. The first-order valence-corrected chi connectivity index (χ1v) is 11.3. The highest BCUT2D eigenvalue weighted by molar-refractivity contribution is 5.89. The van der Waals surface area contributed by atoms with Crippen molar-refractivity contribution in [3.8, 4) is 11.1 Å². The van der Waals surface area contributed by atoms with E-state index in [1.165, 1.54) is 0 Å². The third kappa shape index (κ3) is 5.41. The van der Waals surface area contributed by atoms with Crippen LogP contribution >= 0.6 is 0 Å².